The Balaban J connectivity index is 2.70. The van der Waals surface area contributed by atoms with Gasteiger partial charge in [0.1, 0.15) is 0 Å². The maximum Gasteiger partial charge on any atom is 0.239 e. The third-order valence-electron chi connectivity index (χ3n) is 3.15. The maximum absolute atomic E-state index is 12.0. The van der Waals surface area contributed by atoms with Crippen molar-refractivity contribution in [3.05, 3.63) is 29.8 Å². The molecular formula is C16H27N3O. The number of anilines is 1. The lowest BCUT2D eigenvalue weighted by Gasteiger charge is -2.28. The summed E-state index contributed by atoms with van der Waals surface area (Å²) in [6.07, 6.45) is 0. The van der Waals surface area contributed by atoms with E-state index in [1.165, 1.54) is 0 Å². The van der Waals surface area contributed by atoms with E-state index in [1.54, 1.807) is 0 Å². The summed E-state index contributed by atoms with van der Waals surface area (Å²) in [6.45, 7) is 10.00. The summed E-state index contributed by atoms with van der Waals surface area (Å²) >= 11 is 0. The summed E-state index contributed by atoms with van der Waals surface area (Å²) in [4.78, 5) is 14.1. The summed E-state index contributed by atoms with van der Waals surface area (Å²) in [5, 5.41) is 2.96. The minimum Gasteiger partial charge on any atom is -0.360 e. The van der Waals surface area contributed by atoms with Gasteiger partial charge in [-0.2, -0.15) is 0 Å². The average molecular weight is 277 g/mol. The highest BCUT2D eigenvalue weighted by atomic mass is 16.2. The van der Waals surface area contributed by atoms with Crippen LogP contribution < -0.4 is 16.0 Å². The number of nitrogens with zero attached hydrogens (tertiary/aromatic N) is 1. The van der Waals surface area contributed by atoms with E-state index < -0.39 is 0 Å². The number of hydrogen-bond donors (Lipinski definition) is 2. The molecule has 0 saturated carbocycles. The van der Waals surface area contributed by atoms with Crippen LogP contribution in [-0.2, 0) is 11.3 Å². The topological polar surface area (TPSA) is 58.4 Å². The molecule has 1 aromatic rings. The zero-order chi connectivity index (χ0) is 15.1. The Bertz CT molecular complexity index is 412. The first-order valence-corrected chi connectivity index (χ1v) is 7.26. The van der Waals surface area contributed by atoms with Crippen molar-refractivity contribution in [2.75, 3.05) is 18.0 Å². The molecule has 4 nitrogen and oxygen atoms in total. The first-order valence-electron chi connectivity index (χ1n) is 7.26. The van der Waals surface area contributed by atoms with Gasteiger partial charge in [0, 0.05) is 24.8 Å². The highest BCUT2D eigenvalue weighted by Gasteiger charge is 2.14. The molecule has 0 atom stereocenters. The van der Waals surface area contributed by atoms with Crippen LogP contribution in [0.1, 0.15) is 33.3 Å². The molecular weight excluding hydrogens is 250 g/mol. The van der Waals surface area contributed by atoms with Crippen molar-refractivity contribution in [3.8, 4) is 0 Å². The lowest BCUT2D eigenvalue weighted by atomic mass is 10.1. The molecule has 3 N–H and O–H groups in total. The van der Waals surface area contributed by atoms with Crippen LogP contribution in [0.15, 0.2) is 24.3 Å². The fraction of sp³-hybridized carbons (Fsp3) is 0.562. The number of amides is 1. The second kappa shape index (κ2) is 7.90. The van der Waals surface area contributed by atoms with Gasteiger partial charge in [0.15, 0.2) is 0 Å². The second-order valence-electron chi connectivity index (χ2n) is 5.79. The number of hydrogen-bond acceptors (Lipinski definition) is 3. The van der Waals surface area contributed by atoms with Crippen LogP contribution in [0.3, 0.4) is 0 Å². The van der Waals surface area contributed by atoms with Crippen molar-refractivity contribution < 1.29 is 4.79 Å². The number of nitrogens with one attached hydrogen (secondary N) is 1. The highest BCUT2D eigenvalue weighted by Crippen LogP contribution is 2.17. The van der Waals surface area contributed by atoms with E-state index in [-0.39, 0.29) is 11.9 Å². The Hall–Kier alpha value is -1.55. The minimum absolute atomic E-state index is 0.0651. The molecule has 0 fully saturated rings. The zero-order valence-corrected chi connectivity index (χ0v) is 13.0. The zero-order valence-electron chi connectivity index (χ0n) is 13.0. The summed E-state index contributed by atoms with van der Waals surface area (Å²) in [5.41, 5.74) is 7.76. The predicted molar refractivity (Wildman–Crippen MR) is 84.7 cm³/mol. The van der Waals surface area contributed by atoms with Crippen molar-refractivity contribution in [2.24, 2.45) is 11.7 Å². The van der Waals surface area contributed by atoms with Gasteiger partial charge in [-0.25, -0.2) is 0 Å². The quantitative estimate of drug-likeness (QED) is 0.802. The molecule has 0 aliphatic rings. The van der Waals surface area contributed by atoms with Crippen molar-refractivity contribution in [1.82, 2.24) is 5.32 Å². The molecule has 1 rings (SSSR count). The van der Waals surface area contributed by atoms with Crippen molar-refractivity contribution in [2.45, 2.75) is 40.3 Å². The molecule has 0 aromatic heterocycles. The van der Waals surface area contributed by atoms with Crippen molar-refractivity contribution >= 4 is 11.6 Å². The van der Waals surface area contributed by atoms with Crippen LogP contribution in [0.4, 0.5) is 5.69 Å². The highest BCUT2D eigenvalue weighted by molar-refractivity contribution is 5.81. The molecule has 0 heterocycles. The van der Waals surface area contributed by atoms with E-state index in [4.69, 9.17) is 5.73 Å². The molecule has 112 valence electrons. The number of nitrogens with two attached hydrogens (primary N) is 1. The molecule has 0 saturated heterocycles. The molecule has 0 aliphatic heterocycles. The van der Waals surface area contributed by atoms with Gasteiger partial charge in [-0.1, -0.05) is 26.0 Å². The fourth-order valence-electron chi connectivity index (χ4n) is 1.92. The Morgan fingerprint density at radius 1 is 1.20 bits per heavy atom. The maximum atomic E-state index is 12.0. The van der Waals surface area contributed by atoms with Crippen LogP contribution in [-0.4, -0.2) is 25.0 Å². The molecule has 1 amide bonds. The molecule has 0 radical (unpaired) electrons. The third kappa shape index (κ3) is 5.21. The lowest BCUT2D eigenvalue weighted by Crippen LogP contribution is -2.41. The molecule has 0 bridgehead atoms. The predicted octanol–water partition coefficient (Wildman–Crippen LogP) is 2.13. The van der Waals surface area contributed by atoms with E-state index in [2.05, 4.69) is 37.9 Å². The first kappa shape index (κ1) is 16.5. The van der Waals surface area contributed by atoms with Gasteiger partial charge < -0.3 is 16.0 Å². The Kier molecular flexibility index (Phi) is 6.52. The van der Waals surface area contributed by atoms with Crippen LogP contribution in [0.25, 0.3) is 0 Å². The van der Waals surface area contributed by atoms with Gasteiger partial charge in [-0.05, 0) is 37.5 Å². The van der Waals surface area contributed by atoms with E-state index in [1.807, 2.05) is 24.3 Å². The molecule has 0 spiro atoms. The summed E-state index contributed by atoms with van der Waals surface area (Å²) < 4.78 is 0. The van der Waals surface area contributed by atoms with E-state index in [0.29, 0.717) is 19.0 Å². The summed E-state index contributed by atoms with van der Waals surface area (Å²) in [5.74, 6) is 0.533. The van der Waals surface area contributed by atoms with Crippen LogP contribution >= 0.6 is 0 Å². The van der Waals surface area contributed by atoms with Gasteiger partial charge in [0.2, 0.25) is 5.91 Å². The average Bonchev–Trinajstić information content (AvgIpc) is 2.42. The minimum atomic E-state index is 0.0651. The Morgan fingerprint density at radius 3 is 2.25 bits per heavy atom. The monoisotopic (exact) mass is 277 g/mol. The number of benzene rings is 1. The van der Waals surface area contributed by atoms with E-state index in [0.717, 1.165) is 17.8 Å². The Morgan fingerprint density at radius 2 is 1.80 bits per heavy atom. The van der Waals surface area contributed by atoms with E-state index >= 15 is 0 Å². The molecule has 20 heavy (non-hydrogen) atoms. The molecule has 0 aliphatic carbocycles. The molecule has 4 heteroatoms. The number of carbonyl (C=O) groups excluding carboxylic acids is 1. The second-order valence-corrected chi connectivity index (χ2v) is 5.79. The SMILES string of the molecule is CC(C)CNC(=O)CN(c1ccc(CN)cc1)C(C)C. The van der Waals surface area contributed by atoms with Gasteiger partial charge in [-0.15, -0.1) is 0 Å². The third-order valence-corrected chi connectivity index (χ3v) is 3.15. The van der Waals surface area contributed by atoms with Crippen molar-refractivity contribution in [3.63, 3.8) is 0 Å². The van der Waals surface area contributed by atoms with Gasteiger partial charge in [0.05, 0.1) is 6.54 Å². The van der Waals surface area contributed by atoms with Gasteiger partial charge in [0.25, 0.3) is 0 Å². The van der Waals surface area contributed by atoms with Gasteiger partial charge in [-0.3, -0.25) is 4.79 Å². The Labute approximate surface area is 122 Å². The van der Waals surface area contributed by atoms with Crippen LogP contribution in [0, 0.1) is 5.92 Å². The fourth-order valence-corrected chi connectivity index (χ4v) is 1.92. The van der Waals surface area contributed by atoms with E-state index in [9.17, 15) is 4.79 Å². The summed E-state index contributed by atoms with van der Waals surface area (Å²) in [6, 6.07) is 8.34. The number of rotatable bonds is 7. The lowest BCUT2D eigenvalue weighted by molar-refractivity contribution is -0.120. The van der Waals surface area contributed by atoms with Crippen LogP contribution in [0.5, 0.6) is 0 Å². The smallest absolute Gasteiger partial charge is 0.239 e. The van der Waals surface area contributed by atoms with Crippen molar-refractivity contribution in [1.29, 1.82) is 0 Å². The van der Waals surface area contributed by atoms with Gasteiger partial charge >= 0.3 is 0 Å². The summed E-state index contributed by atoms with van der Waals surface area (Å²) in [7, 11) is 0. The molecule has 0 unspecified atom stereocenters. The number of carbonyl (C=O) groups is 1. The first-order chi connectivity index (χ1) is 9.43. The van der Waals surface area contributed by atoms with Crippen LogP contribution in [0.2, 0.25) is 0 Å². The molecule has 1 aromatic carbocycles. The normalized spacial score (nSPS) is 10.9. The largest absolute Gasteiger partial charge is 0.360 e. The standard InChI is InChI=1S/C16H27N3O/c1-12(2)10-18-16(20)11-19(13(3)4)15-7-5-14(9-17)6-8-15/h5-8,12-13H,9-11,17H2,1-4H3,(H,18,20).